The average molecular weight is 342 g/mol. The number of rotatable bonds is 5. The van der Waals surface area contributed by atoms with E-state index in [0.29, 0.717) is 6.04 Å². The van der Waals surface area contributed by atoms with Gasteiger partial charge < -0.3 is 5.32 Å². The zero-order chi connectivity index (χ0) is 15.5. The lowest BCUT2D eigenvalue weighted by atomic mass is 10.2. The SMILES string of the molecule is c1ccc(Nc2nc(CN3CCC[C@@H]3c3cccs3)cs2)cc1. The third kappa shape index (κ3) is 3.47. The summed E-state index contributed by atoms with van der Waals surface area (Å²) in [6.45, 7) is 2.11. The molecule has 0 radical (unpaired) electrons. The summed E-state index contributed by atoms with van der Waals surface area (Å²) in [5.74, 6) is 0. The summed E-state index contributed by atoms with van der Waals surface area (Å²) in [5.41, 5.74) is 2.25. The van der Waals surface area contributed by atoms with Gasteiger partial charge in [0.05, 0.1) is 5.69 Å². The lowest BCUT2D eigenvalue weighted by Crippen LogP contribution is -2.22. The summed E-state index contributed by atoms with van der Waals surface area (Å²) in [6, 6.07) is 15.2. The molecule has 1 atom stereocenters. The van der Waals surface area contributed by atoms with Crippen molar-refractivity contribution in [3.63, 3.8) is 0 Å². The van der Waals surface area contributed by atoms with Crippen LogP contribution in [-0.4, -0.2) is 16.4 Å². The van der Waals surface area contributed by atoms with Crippen molar-refractivity contribution in [1.82, 2.24) is 9.88 Å². The second kappa shape index (κ2) is 6.83. The van der Waals surface area contributed by atoms with Crippen LogP contribution in [0.4, 0.5) is 10.8 Å². The van der Waals surface area contributed by atoms with Gasteiger partial charge in [-0.05, 0) is 43.0 Å². The van der Waals surface area contributed by atoms with E-state index >= 15 is 0 Å². The largest absolute Gasteiger partial charge is 0.332 e. The van der Waals surface area contributed by atoms with Crippen LogP contribution in [0, 0.1) is 0 Å². The quantitative estimate of drug-likeness (QED) is 0.684. The topological polar surface area (TPSA) is 28.2 Å². The molecule has 2 aromatic heterocycles. The van der Waals surface area contributed by atoms with E-state index in [4.69, 9.17) is 4.98 Å². The number of anilines is 2. The lowest BCUT2D eigenvalue weighted by Gasteiger charge is -2.22. The van der Waals surface area contributed by atoms with Crippen molar-refractivity contribution in [1.29, 1.82) is 0 Å². The summed E-state index contributed by atoms with van der Waals surface area (Å²) in [6.07, 6.45) is 2.54. The molecule has 3 heterocycles. The van der Waals surface area contributed by atoms with Crippen molar-refractivity contribution in [3.05, 3.63) is 63.8 Å². The smallest absolute Gasteiger partial charge is 0.187 e. The molecule has 3 aromatic rings. The Balaban J connectivity index is 1.43. The maximum absolute atomic E-state index is 4.75. The second-order valence-corrected chi connectivity index (χ2v) is 7.62. The first-order chi connectivity index (χ1) is 11.4. The lowest BCUT2D eigenvalue weighted by molar-refractivity contribution is 0.249. The molecule has 1 fully saturated rings. The van der Waals surface area contributed by atoms with E-state index in [1.807, 2.05) is 29.5 Å². The van der Waals surface area contributed by atoms with Crippen molar-refractivity contribution in [2.75, 3.05) is 11.9 Å². The van der Waals surface area contributed by atoms with Gasteiger partial charge in [0.25, 0.3) is 0 Å². The fourth-order valence-corrected chi connectivity index (χ4v) is 4.73. The van der Waals surface area contributed by atoms with Crippen molar-refractivity contribution in [2.24, 2.45) is 0 Å². The highest BCUT2D eigenvalue weighted by Gasteiger charge is 2.27. The number of hydrogen-bond donors (Lipinski definition) is 1. The number of thiophene rings is 1. The Morgan fingerprint density at radius 1 is 1.13 bits per heavy atom. The molecule has 1 aliphatic heterocycles. The Hall–Kier alpha value is -1.69. The van der Waals surface area contributed by atoms with E-state index in [1.165, 1.54) is 24.3 Å². The zero-order valence-electron chi connectivity index (χ0n) is 12.8. The summed E-state index contributed by atoms with van der Waals surface area (Å²) in [7, 11) is 0. The standard InChI is InChI=1S/C18H19N3S2/c1-2-6-14(7-3-1)19-18-20-15(13-23-18)12-21-10-4-8-16(21)17-9-5-11-22-17/h1-3,5-7,9,11,13,16H,4,8,10,12H2,(H,19,20)/t16-/m1/s1. The van der Waals surface area contributed by atoms with Crippen LogP contribution in [0.2, 0.25) is 0 Å². The van der Waals surface area contributed by atoms with Gasteiger partial charge >= 0.3 is 0 Å². The summed E-state index contributed by atoms with van der Waals surface area (Å²) in [5, 5.41) is 8.70. The average Bonchev–Trinajstić information content (AvgIpc) is 3.30. The van der Waals surface area contributed by atoms with Gasteiger partial charge in [-0.25, -0.2) is 4.98 Å². The maximum Gasteiger partial charge on any atom is 0.187 e. The molecule has 0 aliphatic carbocycles. The number of benzene rings is 1. The predicted molar refractivity (Wildman–Crippen MR) is 98.5 cm³/mol. The van der Waals surface area contributed by atoms with Crippen LogP contribution < -0.4 is 5.32 Å². The van der Waals surface area contributed by atoms with E-state index < -0.39 is 0 Å². The Morgan fingerprint density at radius 3 is 2.87 bits per heavy atom. The molecule has 0 unspecified atom stereocenters. The minimum absolute atomic E-state index is 0.572. The van der Waals surface area contributed by atoms with Crippen molar-refractivity contribution >= 4 is 33.5 Å². The predicted octanol–water partition coefficient (Wildman–Crippen LogP) is 5.29. The molecule has 3 nitrogen and oxygen atoms in total. The maximum atomic E-state index is 4.75. The minimum atomic E-state index is 0.572. The number of para-hydroxylation sites is 1. The number of likely N-dealkylation sites (tertiary alicyclic amines) is 1. The van der Waals surface area contributed by atoms with Crippen LogP contribution in [0.3, 0.4) is 0 Å². The van der Waals surface area contributed by atoms with Gasteiger partial charge in [-0.1, -0.05) is 24.3 Å². The first-order valence-electron chi connectivity index (χ1n) is 7.92. The van der Waals surface area contributed by atoms with Crippen LogP contribution in [0.15, 0.2) is 53.2 Å². The Labute approximate surface area is 144 Å². The minimum Gasteiger partial charge on any atom is -0.332 e. The van der Waals surface area contributed by atoms with Gasteiger partial charge in [0.2, 0.25) is 0 Å². The van der Waals surface area contributed by atoms with Crippen molar-refractivity contribution in [2.45, 2.75) is 25.4 Å². The van der Waals surface area contributed by atoms with Crippen molar-refractivity contribution < 1.29 is 0 Å². The van der Waals surface area contributed by atoms with Crippen molar-refractivity contribution in [3.8, 4) is 0 Å². The fraction of sp³-hybridized carbons (Fsp3) is 0.278. The van der Waals surface area contributed by atoms with Crippen LogP contribution >= 0.6 is 22.7 Å². The molecule has 1 N–H and O–H groups in total. The number of hydrogen-bond acceptors (Lipinski definition) is 5. The highest BCUT2D eigenvalue weighted by molar-refractivity contribution is 7.13. The summed E-state index contributed by atoms with van der Waals surface area (Å²) >= 11 is 3.55. The molecule has 5 heteroatoms. The van der Waals surface area contributed by atoms with Crippen LogP contribution in [0.25, 0.3) is 0 Å². The van der Waals surface area contributed by atoms with Gasteiger partial charge in [0.1, 0.15) is 0 Å². The molecule has 0 amide bonds. The van der Waals surface area contributed by atoms with Gasteiger partial charge in [-0.3, -0.25) is 4.90 Å². The monoisotopic (exact) mass is 341 g/mol. The normalized spacial score (nSPS) is 18.3. The third-order valence-corrected chi connectivity index (χ3v) is 5.96. The molecular formula is C18H19N3S2. The Bertz CT molecular complexity index is 737. The molecule has 118 valence electrons. The highest BCUT2D eigenvalue weighted by Crippen LogP contribution is 2.35. The van der Waals surface area contributed by atoms with Gasteiger partial charge in [0.15, 0.2) is 5.13 Å². The fourth-order valence-electron chi connectivity index (χ4n) is 3.11. The molecule has 0 bridgehead atoms. The van der Waals surface area contributed by atoms with Crippen LogP contribution in [-0.2, 0) is 6.54 Å². The Kier molecular flexibility index (Phi) is 4.41. The zero-order valence-corrected chi connectivity index (χ0v) is 14.4. The first kappa shape index (κ1) is 14.9. The third-order valence-electron chi connectivity index (χ3n) is 4.18. The number of nitrogens with zero attached hydrogens (tertiary/aromatic N) is 2. The molecule has 23 heavy (non-hydrogen) atoms. The second-order valence-electron chi connectivity index (χ2n) is 5.78. The summed E-state index contributed by atoms with van der Waals surface area (Å²) < 4.78 is 0. The van der Waals surface area contributed by atoms with Crippen LogP contribution in [0.1, 0.15) is 29.5 Å². The highest BCUT2D eigenvalue weighted by atomic mass is 32.1. The molecule has 1 aliphatic rings. The molecule has 1 aromatic carbocycles. The molecule has 4 rings (SSSR count). The van der Waals surface area contributed by atoms with Gasteiger partial charge in [0, 0.05) is 28.5 Å². The van der Waals surface area contributed by atoms with E-state index in [9.17, 15) is 0 Å². The van der Waals surface area contributed by atoms with E-state index in [0.717, 1.165) is 23.1 Å². The van der Waals surface area contributed by atoms with E-state index in [1.54, 1.807) is 11.3 Å². The van der Waals surface area contributed by atoms with Gasteiger partial charge in [-0.2, -0.15) is 0 Å². The Morgan fingerprint density at radius 2 is 2.04 bits per heavy atom. The molecule has 0 saturated carbocycles. The number of nitrogens with one attached hydrogen (secondary N) is 1. The van der Waals surface area contributed by atoms with Crippen LogP contribution in [0.5, 0.6) is 0 Å². The van der Waals surface area contributed by atoms with Gasteiger partial charge in [-0.15, -0.1) is 22.7 Å². The number of aromatic nitrogens is 1. The molecule has 1 saturated heterocycles. The first-order valence-corrected chi connectivity index (χ1v) is 9.68. The molecular weight excluding hydrogens is 322 g/mol. The van der Waals surface area contributed by atoms with E-state index in [2.05, 4.69) is 45.2 Å². The molecule has 0 spiro atoms. The van der Waals surface area contributed by atoms with E-state index in [-0.39, 0.29) is 0 Å². The summed E-state index contributed by atoms with van der Waals surface area (Å²) in [4.78, 5) is 8.80. The number of thiazole rings is 1.